The molecule has 0 aliphatic heterocycles. The Balaban J connectivity index is 2.04. The topological polar surface area (TPSA) is 126 Å². The molecule has 1 heterocycles. The zero-order chi connectivity index (χ0) is 30.4. The number of para-hydroxylation sites is 1. The average molecular weight is 565 g/mol. The van der Waals surface area contributed by atoms with Gasteiger partial charge in [0, 0.05) is 45.2 Å². The second-order valence-electron chi connectivity index (χ2n) is 10.8. The number of hydrogen-bond donors (Lipinski definition) is 2. The third kappa shape index (κ3) is 7.78. The summed E-state index contributed by atoms with van der Waals surface area (Å²) in [5.41, 5.74) is 2.43. The van der Waals surface area contributed by atoms with Gasteiger partial charge in [-0.1, -0.05) is 30.3 Å². The monoisotopic (exact) mass is 564 g/mol. The first-order valence-corrected chi connectivity index (χ1v) is 13.7. The first kappa shape index (κ1) is 31.5. The number of fused-ring (bicyclic) bond motifs is 1. The van der Waals surface area contributed by atoms with E-state index in [1.54, 1.807) is 39.1 Å². The standard InChI is InChI=1S/C31H40N4O6/c1-8-39-31(6,40-9-2)35(20-22-11-10-12-25-23(18-32)19-34(7)27(22)25)28(36)26(33-29(37)38)17-21-13-15-24(16-14-21)41-30(3,4)5/h10-16,19,26,33H,8-9,17,20H2,1-7H3,(H,37,38). The summed E-state index contributed by atoms with van der Waals surface area (Å²) in [6.45, 7) is 11.6. The van der Waals surface area contributed by atoms with Crippen LogP contribution in [0.25, 0.3) is 10.9 Å². The molecule has 2 amide bonds. The summed E-state index contributed by atoms with van der Waals surface area (Å²) in [4.78, 5) is 27.6. The lowest BCUT2D eigenvalue weighted by molar-refractivity contribution is -0.298. The Kier molecular flexibility index (Phi) is 10.0. The second-order valence-corrected chi connectivity index (χ2v) is 10.8. The molecule has 1 atom stereocenters. The molecule has 0 saturated carbocycles. The quantitative estimate of drug-likeness (QED) is 0.290. The van der Waals surface area contributed by atoms with Crippen LogP contribution in [0.1, 0.15) is 58.2 Å². The second kappa shape index (κ2) is 13.1. The maximum absolute atomic E-state index is 14.3. The fourth-order valence-corrected chi connectivity index (χ4v) is 4.91. The number of carbonyl (C=O) groups is 2. The van der Waals surface area contributed by atoms with Gasteiger partial charge in [0.1, 0.15) is 23.5 Å². The van der Waals surface area contributed by atoms with Crippen LogP contribution in [0.4, 0.5) is 4.79 Å². The fourth-order valence-electron chi connectivity index (χ4n) is 4.91. The van der Waals surface area contributed by atoms with Crippen LogP contribution in [0.5, 0.6) is 5.75 Å². The van der Waals surface area contributed by atoms with Crippen molar-refractivity contribution in [2.45, 2.75) is 72.1 Å². The smallest absolute Gasteiger partial charge is 0.405 e. The lowest BCUT2D eigenvalue weighted by atomic mass is 10.0. The zero-order valence-electron chi connectivity index (χ0n) is 24.9. The number of amides is 2. The van der Waals surface area contributed by atoms with E-state index in [1.165, 1.54) is 4.90 Å². The van der Waals surface area contributed by atoms with Crippen molar-refractivity contribution in [3.05, 3.63) is 65.4 Å². The molecule has 0 bridgehead atoms. The van der Waals surface area contributed by atoms with Crippen molar-refractivity contribution in [2.24, 2.45) is 7.05 Å². The van der Waals surface area contributed by atoms with Gasteiger partial charge in [-0.05, 0) is 57.9 Å². The van der Waals surface area contributed by atoms with Gasteiger partial charge in [-0.25, -0.2) is 4.79 Å². The molecular weight excluding hydrogens is 524 g/mol. The number of carbonyl (C=O) groups excluding carboxylic acids is 1. The minimum atomic E-state index is -1.49. The number of nitrogens with zero attached hydrogens (tertiary/aromatic N) is 3. The van der Waals surface area contributed by atoms with E-state index in [9.17, 15) is 20.0 Å². The van der Waals surface area contributed by atoms with Crippen molar-refractivity contribution >= 4 is 22.9 Å². The number of rotatable bonds is 12. The highest BCUT2D eigenvalue weighted by Gasteiger charge is 2.41. The lowest BCUT2D eigenvalue weighted by Gasteiger charge is -2.41. The predicted octanol–water partition coefficient (Wildman–Crippen LogP) is 5.18. The lowest BCUT2D eigenvalue weighted by Crippen LogP contribution is -2.59. The predicted molar refractivity (Wildman–Crippen MR) is 155 cm³/mol. The summed E-state index contributed by atoms with van der Waals surface area (Å²) < 4.78 is 19.7. The SMILES string of the molecule is CCOC(C)(OCC)N(Cc1cccc2c(C#N)cn(C)c12)C(=O)C(Cc1ccc(OC(C)(C)C)cc1)NC(=O)O. The third-order valence-electron chi connectivity index (χ3n) is 6.50. The Bertz CT molecular complexity index is 1390. The Morgan fingerprint density at radius 1 is 1.07 bits per heavy atom. The summed E-state index contributed by atoms with van der Waals surface area (Å²) in [7, 11) is 1.84. The molecule has 1 unspecified atom stereocenters. The van der Waals surface area contributed by atoms with Gasteiger partial charge in [-0.2, -0.15) is 5.26 Å². The summed E-state index contributed by atoms with van der Waals surface area (Å²) in [5, 5.41) is 22.4. The number of benzene rings is 2. The van der Waals surface area contributed by atoms with Crippen LogP contribution in [-0.2, 0) is 34.3 Å². The van der Waals surface area contributed by atoms with Crippen molar-refractivity contribution in [1.82, 2.24) is 14.8 Å². The number of hydrogen-bond acceptors (Lipinski definition) is 6. The summed E-state index contributed by atoms with van der Waals surface area (Å²) >= 11 is 0. The number of aryl methyl sites for hydroxylation is 1. The highest BCUT2D eigenvalue weighted by atomic mass is 16.7. The normalized spacial score (nSPS) is 12.5. The molecule has 2 N–H and O–H groups in total. The highest BCUT2D eigenvalue weighted by Crippen LogP contribution is 2.29. The van der Waals surface area contributed by atoms with Gasteiger partial charge >= 0.3 is 6.09 Å². The fraction of sp³-hybridized carbons (Fsp3) is 0.452. The van der Waals surface area contributed by atoms with Crippen LogP contribution in [0.15, 0.2) is 48.7 Å². The molecule has 10 nitrogen and oxygen atoms in total. The van der Waals surface area contributed by atoms with Gasteiger partial charge in [-0.15, -0.1) is 0 Å². The van der Waals surface area contributed by atoms with Gasteiger partial charge < -0.3 is 29.2 Å². The first-order chi connectivity index (χ1) is 19.3. The van der Waals surface area contributed by atoms with Crippen molar-refractivity contribution in [2.75, 3.05) is 13.2 Å². The van der Waals surface area contributed by atoms with Crippen molar-refractivity contribution < 1.29 is 28.9 Å². The molecule has 0 radical (unpaired) electrons. The molecule has 0 spiro atoms. The summed E-state index contributed by atoms with van der Waals surface area (Å²) in [6, 6.07) is 13.9. The highest BCUT2D eigenvalue weighted by molar-refractivity contribution is 5.90. The first-order valence-electron chi connectivity index (χ1n) is 13.7. The van der Waals surface area contributed by atoms with E-state index in [-0.39, 0.29) is 31.8 Å². The molecule has 3 aromatic rings. The largest absolute Gasteiger partial charge is 0.488 e. The van der Waals surface area contributed by atoms with Crippen LogP contribution in [-0.4, -0.2) is 57.3 Å². The van der Waals surface area contributed by atoms with E-state index < -0.39 is 24.0 Å². The Labute approximate surface area is 241 Å². The van der Waals surface area contributed by atoms with Gasteiger partial charge in [0.05, 0.1) is 17.6 Å². The number of nitriles is 1. The Morgan fingerprint density at radius 2 is 1.71 bits per heavy atom. The number of aromatic nitrogens is 1. The molecule has 0 aliphatic carbocycles. The van der Waals surface area contributed by atoms with Crippen LogP contribution in [0.3, 0.4) is 0 Å². The minimum absolute atomic E-state index is 0.0472. The maximum Gasteiger partial charge on any atom is 0.405 e. The van der Waals surface area contributed by atoms with Gasteiger partial charge in [0.15, 0.2) is 0 Å². The third-order valence-corrected chi connectivity index (χ3v) is 6.50. The molecular formula is C31H40N4O6. The van der Waals surface area contributed by atoms with E-state index in [0.717, 1.165) is 22.0 Å². The van der Waals surface area contributed by atoms with E-state index >= 15 is 0 Å². The van der Waals surface area contributed by atoms with E-state index in [0.29, 0.717) is 11.3 Å². The maximum atomic E-state index is 14.3. The van der Waals surface area contributed by atoms with Crippen LogP contribution in [0.2, 0.25) is 0 Å². The van der Waals surface area contributed by atoms with E-state index in [1.807, 2.05) is 62.7 Å². The summed E-state index contributed by atoms with van der Waals surface area (Å²) in [5.74, 6) is -1.34. The van der Waals surface area contributed by atoms with Crippen molar-refractivity contribution in [3.63, 3.8) is 0 Å². The van der Waals surface area contributed by atoms with E-state index in [4.69, 9.17) is 14.2 Å². The van der Waals surface area contributed by atoms with Crippen LogP contribution < -0.4 is 10.1 Å². The zero-order valence-corrected chi connectivity index (χ0v) is 24.9. The number of nitrogens with one attached hydrogen (secondary N) is 1. The molecule has 41 heavy (non-hydrogen) atoms. The average Bonchev–Trinajstić information content (AvgIpc) is 3.23. The summed E-state index contributed by atoms with van der Waals surface area (Å²) in [6.07, 6.45) is 0.513. The molecule has 2 aromatic carbocycles. The van der Waals surface area contributed by atoms with Gasteiger partial charge in [0.25, 0.3) is 5.91 Å². The molecule has 10 heteroatoms. The number of ether oxygens (including phenoxy) is 3. The molecule has 3 rings (SSSR count). The minimum Gasteiger partial charge on any atom is -0.488 e. The van der Waals surface area contributed by atoms with Gasteiger partial charge in [0.2, 0.25) is 5.91 Å². The Hall–Kier alpha value is -4.07. The molecule has 220 valence electrons. The van der Waals surface area contributed by atoms with Crippen molar-refractivity contribution in [1.29, 1.82) is 5.26 Å². The van der Waals surface area contributed by atoms with Gasteiger partial charge in [-0.3, -0.25) is 9.69 Å². The Morgan fingerprint density at radius 3 is 2.24 bits per heavy atom. The van der Waals surface area contributed by atoms with Crippen molar-refractivity contribution in [3.8, 4) is 11.8 Å². The molecule has 0 aliphatic rings. The van der Waals surface area contributed by atoms with Crippen LogP contribution >= 0.6 is 0 Å². The molecule has 0 fully saturated rings. The number of carboxylic acid groups (broad SMARTS) is 1. The van der Waals surface area contributed by atoms with E-state index in [2.05, 4.69) is 11.4 Å². The molecule has 0 saturated heterocycles. The van der Waals surface area contributed by atoms with Crippen LogP contribution in [0, 0.1) is 11.3 Å². The molecule has 1 aromatic heterocycles.